The summed E-state index contributed by atoms with van der Waals surface area (Å²) >= 11 is 6.33. The van der Waals surface area contributed by atoms with Crippen molar-refractivity contribution in [1.82, 2.24) is 30.4 Å². The van der Waals surface area contributed by atoms with Crippen LogP contribution < -0.4 is 15.5 Å². The normalized spacial score (nSPS) is 19.8. The van der Waals surface area contributed by atoms with Gasteiger partial charge in [-0.2, -0.15) is 0 Å². The van der Waals surface area contributed by atoms with Crippen LogP contribution >= 0.6 is 35.6 Å². The van der Waals surface area contributed by atoms with Crippen LogP contribution in [0.1, 0.15) is 43.8 Å². The van der Waals surface area contributed by atoms with E-state index in [4.69, 9.17) is 16.6 Å². The summed E-state index contributed by atoms with van der Waals surface area (Å²) in [4.78, 5) is 11.5. The second-order valence-electron chi connectivity index (χ2n) is 7.90. The minimum absolute atomic E-state index is 0. The summed E-state index contributed by atoms with van der Waals surface area (Å²) in [6.45, 7) is 4.23. The molecule has 0 amide bonds. The first-order valence-corrected chi connectivity index (χ1v) is 10.8. The van der Waals surface area contributed by atoms with Gasteiger partial charge in [-0.25, -0.2) is 9.98 Å². The molecule has 0 radical (unpaired) electrons. The first kappa shape index (κ1) is 23.1. The Morgan fingerprint density at radius 1 is 1.20 bits per heavy atom. The molecule has 2 aliphatic rings. The van der Waals surface area contributed by atoms with Gasteiger partial charge in [-0.1, -0.05) is 24.4 Å². The molecule has 164 valence electrons. The van der Waals surface area contributed by atoms with Crippen LogP contribution in [0.5, 0.6) is 0 Å². The molecule has 0 spiro atoms. The van der Waals surface area contributed by atoms with Gasteiger partial charge < -0.3 is 20.1 Å². The summed E-state index contributed by atoms with van der Waals surface area (Å²) in [5.74, 6) is 3.47. The summed E-state index contributed by atoms with van der Waals surface area (Å²) in [6.07, 6.45) is 7.76. The molecule has 1 atom stereocenters. The zero-order chi connectivity index (χ0) is 20.2. The molecule has 1 saturated heterocycles. The van der Waals surface area contributed by atoms with Gasteiger partial charge in [0.1, 0.15) is 18.2 Å². The number of nitrogens with zero attached hydrogens (tertiary/aromatic N) is 6. The largest absolute Gasteiger partial charge is 0.354 e. The van der Waals surface area contributed by atoms with Gasteiger partial charge in [0, 0.05) is 38.4 Å². The van der Waals surface area contributed by atoms with E-state index in [0.717, 1.165) is 42.9 Å². The van der Waals surface area contributed by atoms with Crippen molar-refractivity contribution in [2.45, 2.75) is 57.7 Å². The highest BCUT2D eigenvalue weighted by Gasteiger charge is 2.26. The molecule has 3 heterocycles. The van der Waals surface area contributed by atoms with Gasteiger partial charge in [0.15, 0.2) is 11.8 Å². The van der Waals surface area contributed by atoms with Gasteiger partial charge >= 0.3 is 0 Å². The first-order valence-electron chi connectivity index (χ1n) is 10.4. The Morgan fingerprint density at radius 3 is 2.67 bits per heavy atom. The summed E-state index contributed by atoms with van der Waals surface area (Å²) in [5.41, 5.74) is 0. The fourth-order valence-corrected chi connectivity index (χ4v) is 4.25. The number of rotatable bonds is 5. The maximum atomic E-state index is 6.33. The third-order valence-electron chi connectivity index (χ3n) is 5.83. The van der Waals surface area contributed by atoms with Crippen LogP contribution in [0.3, 0.4) is 0 Å². The Morgan fingerprint density at radius 2 is 1.97 bits per heavy atom. The maximum absolute atomic E-state index is 6.33. The van der Waals surface area contributed by atoms with Crippen LogP contribution in [-0.2, 0) is 13.6 Å². The van der Waals surface area contributed by atoms with Gasteiger partial charge in [0.25, 0.3) is 0 Å². The molecule has 30 heavy (non-hydrogen) atoms. The number of nitrogens with one attached hydrogen (secondary N) is 2. The number of halogens is 2. The Kier molecular flexibility index (Phi) is 8.15. The number of guanidine groups is 1. The van der Waals surface area contributed by atoms with Crippen molar-refractivity contribution in [2.75, 3.05) is 18.0 Å². The van der Waals surface area contributed by atoms with Crippen LogP contribution in [0.25, 0.3) is 0 Å². The molecule has 2 fully saturated rings. The standard InChI is InChI=1S/C20H29ClN8.HI/c1-14-26-27-18(28(14)2)12-23-20(24-15-6-3-4-7-15)25-16-9-11-29(13-16)19-17(21)8-5-10-22-19;/h5,8,10,15-16H,3-4,6-7,9,11-13H2,1-2H3,(H2,23,24,25);1H. The molecule has 0 aromatic carbocycles. The highest BCUT2D eigenvalue weighted by Crippen LogP contribution is 2.26. The van der Waals surface area contributed by atoms with E-state index in [1.54, 1.807) is 6.20 Å². The number of hydrogen-bond donors (Lipinski definition) is 2. The van der Waals surface area contributed by atoms with E-state index in [0.29, 0.717) is 23.7 Å². The fraction of sp³-hybridized carbons (Fsp3) is 0.600. The molecule has 10 heteroatoms. The predicted molar refractivity (Wildman–Crippen MR) is 131 cm³/mol. The monoisotopic (exact) mass is 544 g/mol. The molecule has 1 saturated carbocycles. The number of aromatic nitrogens is 4. The average Bonchev–Trinajstić information content (AvgIpc) is 3.45. The Labute approximate surface area is 199 Å². The smallest absolute Gasteiger partial charge is 0.192 e. The lowest BCUT2D eigenvalue weighted by atomic mass is 10.2. The van der Waals surface area contributed by atoms with Crippen LogP contribution in [0.4, 0.5) is 5.82 Å². The molecular weight excluding hydrogens is 515 g/mol. The van der Waals surface area contributed by atoms with Crippen molar-refractivity contribution in [3.8, 4) is 0 Å². The number of aryl methyl sites for hydroxylation is 1. The van der Waals surface area contributed by atoms with Crippen molar-refractivity contribution in [1.29, 1.82) is 0 Å². The quantitative estimate of drug-likeness (QED) is 0.342. The predicted octanol–water partition coefficient (Wildman–Crippen LogP) is 3.05. The second-order valence-corrected chi connectivity index (χ2v) is 8.30. The molecule has 1 unspecified atom stereocenters. The van der Waals surface area contributed by atoms with Gasteiger partial charge in [-0.15, -0.1) is 34.2 Å². The van der Waals surface area contributed by atoms with Crippen molar-refractivity contribution < 1.29 is 0 Å². The Bertz CT molecular complexity index is 864. The molecule has 8 nitrogen and oxygen atoms in total. The molecule has 4 rings (SSSR count). The summed E-state index contributed by atoms with van der Waals surface area (Å²) in [6, 6.07) is 4.54. The minimum atomic E-state index is 0. The van der Waals surface area contributed by atoms with E-state index >= 15 is 0 Å². The first-order chi connectivity index (χ1) is 14.1. The molecular formula is C20H30ClIN8. The van der Waals surface area contributed by atoms with Gasteiger partial charge in [-0.05, 0) is 38.3 Å². The lowest BCUT2D eigenvalue weighted by Gasteiger charge is -2.22. The highest BCUT2D eigenvalue weighted by molar-refractivity contribution is 14.0. The van der Waals surface area contributed by atoms with Gasteiger partial charge in [0.05, 0.1) is 5.02 Å². The van der Waals surface area contributed by atoms with E-state index < -0.39 is 0 Å². The summed E-state index contributed by atoms with van der Waals surface area (Å²) in [7, 11) is 1.98. The maximum Gasteiger partial charge on any atom is 0.192 e. The zero-order valence-corrected chi connectivity index (χ0v) is 20.6. The number of anilines is 1. The summed E-state index contributed by atoms with van der Waals surface area (Å²) < 4.78 is 1.98. The van der Waals surface area contributed by atoms with Crippen molar-refractivity contribution in [3.63, 3.8) is 0 Å². The Balaban J connectivity index is 0.00000256. The van der Waals surface area contributed by atoms with E-state index in [1.165, 1.54) is 25.7 Å². The van der Waals surface area contributed by atoms with E-state index in [-0.39, 0.29) is 24.0 Å². The highest BCUT2D eigenvalue weighted by atomic mass is 127. The van der Waals surface area contributed by atoms with E-state index in [9.17, 15) is 0 Å². The molecule has 0 bridgehead atoms. The SMILES string of the molecule is Cc1nnc(CN=C(NC2CCCC2)NC2CCN(c3ncccc3Cl)C2)n1C.I. The molecule has 2 aromatic rings. The number of hydrogen-bond acceptors (Lipinski definition) is 5. The summed E-state index contributed by atoms with van der Waals surface area (Å²) in [5, 5.41) is 16.3. The van der Waals surface area contributed by atoms with Crippen molar-refractivity contribution >= 4 is 47.4 Å². The Hall–Kier alpha value is -1.62. The molecule has 1 aliphatic carbocycles. The third-order valence-corrected chi connectivity index (χ3v) is 6.12. The van der Waals surface area contributed by atoms with Gasteiger partial charge in [0.2, 0.25) is 0 Å². The van der Waals surface area contributed by atoms with Crippen LogP contribution in [-0.4, -0.2) is 50.9 Å². The number of aliphatic imine (C=N–C) groups is 1. The van der Waals surface area contributed by atoms with Crippen LogP contribution in [0.15, 0.2) is 23.3 Å². The lowest BCUT2D eigenvalue weighted by molar-refractivity contribution is 0.584. The molecule has 2 N–H and O–H groups in total. The minimum Gasteiger partial charge on any atom is -0.354 e. The van der Waals surface area contributed by atoms with Crippen molar-refractivity contribution in [2.24, 2.45) is 12.0 Å². The van der Waals surface area contributed by atoms with Crippen LogP contribution in [0.2, 0.25) is 5.02 Å². The second kappa shape index (κ2) is 10.6. The molecule has 1 aliphatic heterocycles. The van der Waals surface area contributed by atoms with Crippen molar-refractivity contribution in [3.05, 3.63) is 35.0 Å². The van der Waals surface area contributed by atoms with Crippen LogP contribution in [0, 0.1) is 6.92 Å². The zero-order valence-electron chi connectivity index (χ0n) is 17.5. The fourth-order valence-electron chi connectivity index (χ4n) is 4.01. The number of pyridine rings is 1. The van der Waals surface area contributed by atoms with E-state index in [2.05, 4.69) is 30.7 Å². The third kappa shape index (κ3) is 5.54. The van der Waals surface area contributed by atoms with Gasteiger partial charge in [-0.3, -0.25) is 0 Å². The molecule has 2 aromatic heterocycles. The lowest BCUT2D eigenvalue weighted by Crippen LogP contribution is -2.47. The topological polar surface area (TPSA) is 83.3 Å². The van der Waals surface area contributed by atoms with E-state index in [1.807, 2.05) is 30.7 Å². The average molecular weight is 545 g/mol.